The van der Waals surface area contributed by atoms with E-state index in [2.05, 4.69) is 53.7 Å². The summed E-state index contributed by atoms with van der Waals surface area (Å²) < 4.78 is 24.7. The summed E-state index contributed by atoms with van der Waals surface area (Å²) in [7, 11) is 0. The molecule has 390 valence electrons. The van der Waals surface area contributed by atoms with Crippen LogP contribution in [-0.4, -0.2) is 95.4 Å². The lowest BCUT2D eigenvalue weighted by Crippen LogP contribution is -2.62. The van der Waals surface area contributed by atoms with Crippen LogP contribution in [0.25, 0.3) is 0 Å². The van der Waals surface area contributed by atoms with Crippen LogP contribution in [0.4, 0.5) is 0 Å². The zero-order valence-corrected chi connectivity index (χ0v) is 43.7. The molecular weight excluding hydrogens is 881 g/mol. The van der Waals surface area contributed by atoms with Crippen LogP contribution in [0.15, 0.2) is 36.4 Å². The number of hydrogen-bond acceptors (Lipinski definition) is 10. The van der Waals surface area contributed by atoms with Crippen molar-refractivity contribution in [1.29, 1.82) is 0 Å². The van der Waals surface area contributed by atoms with Crippen molar-refractivity contribution in [3.05, 3.63) is 47.5 Å². The molecule has 8 fully saturated rings. The van der Waals surface area contributed by atoms with Gasteiger partial charge in [0.1, 0.15) is 0 Å². The minimum Gasteiger partial charge on any atom is -0.462 e. The van der Waals surface area contributed by atoms with Gasteiger partial charge < -0.3 is 39.4 Å². The van der Waals surface area contributed by atoms with Crippen LogP contribution < -0.4 is 0 Å². The Bertz CT molecular complexity index is 1920. The average molecular weight is 971 g/mol. The molecule has 0 aromatic heterocycles. The first kappa shape index (κ1) is 51.2. The molecule has 1 aromatic rings. The van der Waals surface area contributed by atoms with Gasteiger partial charge in [-0.15, -0.1) is 0 Å². The summed E-state index contributed by atoms with van der Waals surface area (Å²) in [4.78, 5) is 27.1. The van der Waals surface area contributed by atoms with Gasteiger partial charge in [-0.25, -0.2) is 9.59 Å². The molecule has 0 unspecified atom stereocenters. The molecule has 70 heavy (non-hydrogen) atoms. The predicted molar refractivity (Wildman–Crippen MR) is 268 cm³/mol. The Morgan fingerprint density at radius 1 is 0.500 bits per heavy atom. The molecule has 16 bridgehead atoms. The minimum absolute atomic E-state index is 0.0634. The van der Waals surface area contributed by atoms with E-state index in [0.29, 0.717) is 61.6 Å². The van der Waals surface area contributed by atoms with Crippen LogP contribution in [0, 0.1) is 92.7 Å². The monoisotopic (exact) mass is 971 g/mol. The maximum absolute atomic E-state index is 13.5. The molecular formula is C60H90O10. The molecule has 0 spiro atoms. The van der Waals surface area contributed by atoms with E-state index in [1.165, 1.54) is 0 Å². The number of aliphatic hydroxyl groups excluding tert-OH is 4. The molecule has 8 saturated carbocycles. The van der Waals surface area contributed by atoms with Gasteiger partial charge in [-0.2, -0.15) is 0 Å². The Morgan fingerprint density at radius 2 is 0.900 bits per heavy atom. The fraction of sp³-hybridized carbons (Fsp3) is 0.833. The minimum atomic E-state index is -0.522. The van der Waals surface area contributed by atoms with Gasteiger partial charge in [0.15, 0.2) is 0 Å². The summed E-state index contributed by atoms with van der Waals surface area (Å²) in [5, 5.41) is 48.7. The van der Waals surface area contributed by atoms with Gasteiger partial charge in [0.25, 0.3) is 0 Å². The van der Waals surface area contributed by atoms with Gasteiger partial charge in [-0.1, -0.05) is 65.8 Å². The molecule has 14 aliphatic rings. The van der Waals surface area contributed by atoms with E-state index in [0.717, 1.165) is 103 Å². The largest absolute Gasteiger partial charge is 0.462 e. The highest BCUT2D eigenvalue weighted by Gasteiger charge is 2.67. The SMILES string of the molecule is C[C@@H]1CCCOC(=O)c2ccccc2C(=O)OCCC[C@@H](C)[C@H]2CC[C@H]3[C@@H]4[C@H](O)C[C@@H]5C[C@@H](CC[C@]5(C)[C@H]4C[C@H](O)[C@]23C)OCC=CCO[C@@H]2CC[C@@]3(C)[C@@H](C2)C[C@@H](O)[C@@H]2[C@@H]3C[C@H](O)[C@]3(C)[C@@H]1CC[C@@H]23. The third kappa shape index (κ3) is 8.70. The Kier molecular flexibility index (Phi) is 14.7. The van der Waals surface area contributed by atoms with E-state index >= 15 is 0 Å². The Hall–Kier alpha value is -2.34. The summed E-state index contributed by atoms with van der Waals surface area (Å²) in [5.74, 6) is 2.42. The molecule has 0 radical (unpaired) electrons. The lowest BCUT2D eigenvalue weighted by atomic mass is 9.43. The molecule has 10 heteroatoms. The maximum atomic E-state index is 13.5. The van der Waals surface area contributed by atoms with Crippen molar-refractivity contribution < 1.29 is 49.0 Å². The average Bonchev–Trinajstić information content (AvgIpc) is 3.89. The highest BCUT2D eigenvalue weighted by Crippen LogP contribution is 2.70. The number of aliphatic hydroxyl groups is 4. The van der Waals surface area contributed by atoms with Gasteiger partial charge >= 0.3 is 11.9 Å². The summed E-state index contributed by atoms with van der Waals surface area (Å²) in [5.41, 5.74) is 0.0123. The summed E-state index contributed by atoms with van der Waals surface area (Å²) in [6.45, 7) is 15.7. The lowest BCUT2D eigenvalue weighted by Gasteiger charge is -2.63. The zero-order valence-electron chi connectivity index (χ0n) is 43.7. The van der Waals surface area contributed by atoms with Gasteiger partial charge in [0.2, 0.25) is 0 Å². The van der Waals surface area contributed by atoms with Crippen LogP contribution in [0.5, 0.6) is 0 Å². The van der Waals surface area contributed by atoms with Gasteiger partial charge in [0, 0.05) is 0 Å². The molecule has 1 aromatic carbocycles. The number of ether oxygens (including phenoxy) is 4. The summed E-state index contributed by atoms with van der Waals surface area (Å²) in [6.07, 6.45) is 19.3. The standard InChI is InChI=1S/C60H90O10/c1-35-13-11-27-69-55(65)41-15-7-8-16-42(41)56(66)70-28-12-14-36(2)44-18-20-46-54-48(34-52(64)60(44,46)6)58(4)24-22-40(30-38(58)32-50(54)62)68-26-10-9-25-67-39-21-23-57(3)37(29-39)31-49(61)53-45-19-17-43(35)59(45,5)51(63)33-47(53)57/h7-10,15-16,35-40,43-54,61-64H,11-14,17-34H2,1-6H3/t35-,36-,37+,38+,39-,40-,43-,44-,45+,46+,47+,48+,49-,50-,51+,52+,53+,54+,57+,58+,59-,60-/m1/s1. The topological polar surface area (TPSA) is 152 Å². The first-order valence-corrected chi connectivity index (χ1v) is 28.5. The highest BCUT2D eigenvalue weighted by atomic mass is 16.5. The van der Waals surface area contributed by atoms with Crippen LogP contribution >= 0.6 is 0 Å². The van der Waals surface area contributed by atoms with Crippen molar-refractivity contribution in [2.75, 3.05) is 26.4 Å². The third-order valence-electron chi connectivity index (χ3n) is 23.5. The van der Waals surface area contributed by atoms with Gasteiger partial charge in [0.05, 0.1) is 74.2 Å². The zero-order chi connectivity index (χ0) is 49.3. The van der Waals surface area contributed by atoms with Crippen molar-refractivity contribution in [2.45, 2.75) is 194 Å². The van der Waals surface area contributed by atoms with E-state index in [9.17, 15) is 30.0 Å². The van der Waals surface area contributed by atoms with Crippen LogP contribution in [0.3, 0.4) is 0 Å². The smallest absolute Gasteiger partial charge is 0.339 e. The number of carbonyl (C=O) groups is 2. The second-order valence-corrected chi connectivity index (χ2v) is 26.2. The molecule has 0 amide bonds. The van der Waals surface area contributed by atoms with E-state index < -0.39 is 24.1 Å². The van der Waals surface area contributed by atoms with E-state index in [1.807, 2.05) is 0 Å². The second kappa shape index (κ2) is 20.1. The Balaban J connectivity index is 0.836. The Labute approximate surface area is 419 Å². The van der Waals surface area contributed by atoms with Crippen LogP contribution in [0.1, 0.15) is 178 Å². The van der Waals surface area contributed by atoms with Crippen LogP contribution in [0.2, 0.25) is 0 Å². The van der Waals surface area contributed by atoms with Crippen molar-refractivity contribution in [3.63, 3.8) is 0 Å². The predicted octanol–water partition coefficient (Wildman–Crippen LogP) is 10.4. The van der Waals surface area contributed by atoms with E-state index in [1.54, 1.807) is 24.3 Å². The van der Waals surface area contributed by atoms with Crippen molar-refractivity contribution in [1.82, 2.24) is 0 Å². The molecule has 10 nitrogen and oxygen atoms in total. The molecule has 6 heterocycles. The van der Waals surface area contributed by atoms with Gasteiger partial charge in [-0.05, 0) is 220 Å². The normalized spacial score (nSPS) is 50.4. The molecule has 22 atom stereocenters. The first-order chi connectivity index (χ1) is 33.5. The van der Waals surface area contributed by atoms with E-state index in [4.69, 9.17) is 18.9 Å². The lowest BCUT2D eigenvalue weighted by molar-refractivity contribution is -0.209. The number of benzene rings is 1. The molecule has 0 saturated heterocycles. The number of hydrogen-bond donors (Lipinski definition) is 4. The molecule has 6 aliphatic heterocycles. The van der Waals surface area contributed by atoms with E-state index in [-0.39, 0.29) is 106 Å². The summed E-state index contributed by atoms with van der Waals surface area (Å²) >= 11 is 0. The molecule has 4 N–H and O–H groups in total. The van der Waals surface area contributed by atoms with Crippen LogP contribution in [-0.2, 0) is 18.9 Å². The second-order valence-electron chi connectivity index (χ2n) is 26.2. The fourth-order valence-corrected chi connectivity index (χ4v) is 19.6. The summed E-state index contributed by atoms with van der Waals surface area (Å²) in [6, 6.07) is 6.78. The number of rotatable bonds is 0. The van der Waals surface area contributed by atoms with Crippen molar-refractivity contribution >= 4 is 11.9 Å². The maximum Gasteiger partial charge on any atom is 0.339 e. The Morgan fingerprint density at radius 3 is 1.31 bits per heavy atom. The molecule has 8 aliphatic carbocycles. The van der Waals surface area contributed by atoms with Crippen molar-refractivity contribution in [2.24, 2.45) is 92.7 Å². The molecule has 15 rings (SSSR count). The third-order valence-corrected chi connectivity index (χ3v) is 23.5. The highest BCUT2D eigenvalue weighted by molar-refractivity contribution is 6.03. The number of carbonyl (C=O) groups excluding carboxylic acids is 2. The number of esters is 2. The van der Waals surface area contributed by atoms with Crippen molar-refractivity contribution in [3.8, 4) is 0 Å². The quantitative estimate of drug-likeness (QED) is 0.146. The first-order valence-electron chi connectivity index (χ1n) is 28.5. The fourth-order valence-electron chi connectivity index (χ4n) is 19.6. The van der Waals surface area contributed by atoms with Gasteiger partial charge in [-0.3, -0.25) is 0 Å².